The summed E-state index contributed by atoms with van der Waals surface area (Å²) in [5.74, 6) is -0.0104. The molecule has 1 saturated carbocycles. The summed E-state index contributed by atoms with van der Waals surface area (Å²) in [5.41, 5.74) is 4.85. The average molecular weight is 214 g/mol. The first-order valence-electron chi connectivity index (χ1n) is 4.90. The zero-order valence-electron chi connectivity index (χ0n) is 9.02. The Balaban J connectivity index is 2.72. The van der Waals surface area contributed by atoms with Crippen LogP contribution in [0.15, 0.2) is 0 Å². The van der Waals surface area contributed by atoms with E-state index in [0.717, 1.165) is 19.3 Å². The van der Waals surface area contributed by atoms with Gasteiger partial charge in [-0.3, -0.25) is 4.79 Å². The lowest BCUT2D eigenvalue weighted by Crippen LogP contribution is -2.56. The summed E-state index contributed by atoms with van der Waals surface area (Å²) in [6, 6.07) is 0. The third kappa shape index (κ3) is 2.05. The van der Waals surface area contributed by atoms with Crippen molar-refractivity contribution in [2.45, 2.75) is 45.6 Å². The third-order valence-electron chi connectivity index (χ3n) is 2.60. The molecule has 1 aliphatic rings. The molecule has 3 nitrogen and oxygen atoms in total. The molecule has 4 heteroatoms. The standard InChI is InChI=1S/C10H18N2OS/c1-9(2,3)12-8(13)10(7(11)14)5-4-6-10/h4-6H2,1-3H3,(H2,11,14)(H,12,13). The molecule has 1 aliphatic carbocycles. The van der Waals surface area contributed by atoms with Crippen molar-refractivity contribution in [1.29, 1.82) is 0 Å². The van der Waals surface area contributed by atoms with E-state index in [0.29, 0.717) is 4.99 Å². The number of thiocarbonyl (C=S) groups is 1. The molecule has 0 atom stereocenters. The fourth-order valence-electron chi connectivity index (χ4n) is 1.58. The Bertz CT molecular complexity index is 264. The predicted octanol–water partition coefficient (Wildman–Crippen LogP) is 1.36. The van der Waals surface area contributed by atoms with Gasteiger partial charge >= 0.3 is 0 Å². The summed E-state index contributed by atoms with van der Waals surface area (Å²) in [6.45, 7) is 5.87. The van der Waals surface area contributed by atoms with Crippen LogP contribution in [0.1, 0.15) is 40.0 Å². The maximum Gasteiger partial charge on any atom is 0.233 e. The molecule has 1 rings (SSSR count). The largest absolute Gasteiger partial charge is 0.392 e. The quantitative estimate of drug-likeness (QED) is 0.682. The van der Waals surface area contributed by atoms with E-state index < -0.39 is 5.41 Å². The smallest absolute Gasteiger partial charge is 0.233 e. The molecule has 0 aromatic heterocycles. The lowest BCUT2D eigenvalue weighted by molar-refractivity contribution is -0.132. The molecule has 1 fully saturated rings. The van der Waals surface area contributed by atoms with Crippen LogP contribution < -0.4 is 11.1 Å². The lowest BCUT2D eigenvalue weighted by atomic mass is 9.67. The average Bonchev–Trinajstić information content (AvgIpc) is 1.76. The van der Waals surface area contributed by atoms with Gasteiger partial charge in [0.05, 0.1) is 10.4 Å². The van der Waals surface area contributed by atoms with Gasteiger partial charge in [-0.1, -0.05) is 18.6 Å². The van der Waals surface area contributed by atoms with E-state index in [4.69, 9.17) is 18.0 Å². The highest BCUT2D eigenvalue weighted by Gasteiger charge is 2.47. The first-order chi connectivity index (χ1) is 6.28. The fraction of sp³-hybridized carbons (Fsp3) is 0.800. The molecule has 3 N–H and O–H groups in total. The summed E-state index contributed by atoms with van der Waals surface area (Å²) in [5, 5.41) is 2.94. The van der Waals surface area contributed by atoms with Crippen LogP contribution in [-0.2, 0) is 4.79 Å². The summed E-state index contributed by atoms with van der Waals surface area (Å²) < 4.78 is 0. The Morgan fingerprint density at radius 3 is 2.14 bits per heavy atom. The minimum atomic E-state index is -0.553. The number of nitrogens with one attached hydrogen (secondary N) is 1. The number of amides is 1. The van der Waals surface area contributed by atoms with Crippen molar-refractivity contribution >= 4 is 23.1 Å². The molecular formula is C10H18N2OS. The molecule has 80 valence electrons. The molecule has 0 spiro atoms. The van der Waals surface area contributed by atoms with Crippen molar-refractivity contribution < 1.29 is 4.79 Å². The number of carbonyl (C=O) groups is 1. The van der Waals surface area contributed by atoms with Crippen LogP contribution in [0.5, 0.6) is 0 Å². The van der Waals surface area contributed by atoms with E-state index in [-0.39, 0.29) is 11.4 Å². The van der Waals surface area contributed by atoms with Crippen molar-refractivity contribution in [2.75, 3.05) is 0 Å². The molecular weight excluding hydrogens is 196 g/mol. The van der Waals surface area contributed by atoms with Gasteiger partial charge in [0, 0.05) is 5.54 Å². The first kappa shape index (κ1) is 11.4. The highest BCUT2D eigenvalue weighted by molar-refractivity contribution is 7.80. The Labute approximate surface area is 90.4 Å². The predicted molar refractivity (Wildman–Crippen MR) is 61.0 cm³/mol. The second-order valence-electron chi connectivity index (χ2n) is 5.00. The fourth-order valence-corrected chi connectivity index (χ4v) is 1.87. The van der Waals surface area contributed by atoms with E-state index in [2.05, 4.69) is 5.32 Å². The summed E-state index contributed by atoms with van der Waals surface area (Å²) >= 11 is 4.96. The minimum absolute atomic E-state index is 0.0104. The Morgan fingerprint density at radius 2 is 1.93 bits per heavy atom. The first-order valence-corrected chi connectivity index (χ1v) is 5.31. The summed E-state index contributed by atoms with van der Waals surface area (Å²) in [6.07, 6.45) is 2.63. The van der Waals surface area contributed by atoms with Gasteiger partial charge in [-0.2, -0.15) is 0 Å². The summed E-state index contributed by atoms with van der Waals surface area (Å²) in [7, 11) is 0. The number of rotatable bonds is 2. The highest BCUT2D eigenvalue weighted by atomic mass is 32.1. The van der Waals surface area contributed by atoms with Crippen LogP contribution in [0, 0.1) is 5.41 Å². The molecule has 0 aromatic rings. The molecule has 0 bridgehead atoms. The molecule has 0 aliphatic heterocycles. The van der Waals surface area contributed by atoms with Crippen molar-refractivity contribution in [3.8, 4) is 0 Å². The maximum atomic E-state index is 11.9. The number of hydrogen-bond acceptors (Lipinski definition) is 2. The van der Waals surface area contributed by atoms with Crippen molar-refractivity contribution in [2.24, 2.45) is 11.1 Å². The van der Waals surface area contributed by atoms with Crippen LogP contribution in [0.4, 0.5) is 0 Å². The van der Waals surface area contributed by atoms with Gasteiger partial charge < -0.3 is 11.1 Å². The van der Waals surface area contributed by atoms with Gasteiger partial charge in [0.2, 0.25) is 5.91 Å². The van der Waals surface area contributed by atoms with Crippen LogP contribution >= 0.6 is 12.2 Å². The van der Waals surface area contributed by atoms with Gasteiger partial charge in [0.25, 0.3) is 0 Å². The molecule has 14 heavy (non-hydrogen) atoms. The van der Waals surface area contributed by atoms with E-state index >= 15 is 0 Å². The third-order valence-corrected chi connectivity index (χ3v) is 2.99. The second kappa shape index (κ2) is 3.50. The van der Waals surface area contributed by atoms with E-state index in [1.807, 2.05) is 20.8 Å². The number of carbonyl (C=O) groups excluding carboxylic acids is 1. The van der Waals surface area contributed by atoms with Gasteiger partial charge in [-0.05, 0) is 33.6 Å². The van der Waals surface area contributed by atoms with E-state index in [1.54, 1.807) is 0 Å². The van der Waals surface area contributed by atoms with Crippen molar-refractivity contribution in [3.05, 3.63) is 0 Å². The second-order valence-corrected chi connectivity index (χ2v) is 5.44. The SMILES string of the molecule is CC(C)(C)NC(=O)C1(C(N)=S)CCC1. The molecule has 1 amide bonds. The van der Waals surface area contributed by atoms with Gasteiger partial charge in [-0.15, -0.1) is 0 Å². The number of nitrogens with two attached hydrogens (primary N) is 1. The molecule has 0 unspecified atom stereocenters. The zero-order chi connectivity index (χ0) is 11.0. The Morgan fingerprint density at radius 1 is 1.43 bits per heavy atom. The van der Waals surface area contributed by atoms with Gasteiger partial charge in [-0.25, -0.2) is 0 Å². The van der Waals surface area contributed by atoms with Crippen molar-refractivity contribution in [3.63, 3.8) is 0 Å². The van der Waals surface area contributed by atoms with Crippen LogP contribution in [0.2, 0.25) is 0 Å². The highest BCUT2D eigenvalue weighted by Crippen LogP contribution is 2.41. The maximum absolute atomic E-state index is 11.9. The van der Waals surface area contributed by atoms with E-state index in [9.17, 15) is 4.79 Å². The lowest BCUT2D eigenvalue weighted by Gasteiger charge is -2.41. The van der Waals surface area contributed by atoms with Crippen LogP contribution in [-0.4, -0.2) is 16.4 Å². The van der Waals surface area contributed by atoms with Crippen LogP contribution in [0.25, 0.3) is 0 Å². The van der Waals surface area contributed by atoms with Gasteiger partial charge in [0.15, 0.2) is 0 Å². The van der Waals surface area contributed by atoms with E-state index in [1.165, 1.54) is 0 Å². The molecule has 0 heterocycles. The summed E-state index contributed by atoms with van der Waals surface area (Å²) in [4.78, 5) is 12.3. The zero-order valence-corrected chi connectivity index (χ0v) is 9.83. The van der Waals surface area contributed by atoms with Crippen molar-refractivity contribution in [1.82, 2.24) is 5.32 Å². The molecule has 0 radical (unpaired) electrons. The topological polar surface area (TPSA) is 55.1 Å². The monoisotopic (exact) mass is 214 g/mol. The Kier molecular flexibility index (Phi) is 2.86. The normalized spacial score (nSPS) is 19.6. The molecule has 0 aromatic carbocycles. The number of hydrogen-bond donors (Lipinski definition) is 2. The Hall–Kier alpha value is -0.640. The van der Waals surface area contributed by atoms with Gasteiger partial charge in [0.1, 0.15) is 0 Å². The molecule has 0 saturated heterocycles. The van der Waals surface area contributed by atoms with Crippen LogP contribution in [0.3, 0.4) is 0 Å². The minimum Gasteiger partial charge on any atom is -0.392 e.